The van der Waals surface area contributed by atoms with Crippen molar-refractivity contribution < 1.29 is 32.5 Å². The third kappa shape index (κ3) is 5.63. The fourth-order valence-electron chi connectivity index (χ4n) is 3.09. The number of carboxylic acids is 1. The molecule has 3 rings (SSSR count). The molecule has 3 atom stereocenters. The van der Waals surface area contributed by atoms with Crippen LogP contribution in [-0.4, -0.2) is 65.1 Å². The first-order chi connectivity index (χ1) is 11.8. The molecular formula is C15H21F3N2O4S. The number of alkyl halides is 3. The summed E-state index contributed by atoms with van der Waals surface area (Å²) in [5, 5.41) is 10.4. The minimum atomic E-state index is -5.08. The van der Waals surface area contributed by atoms with E-state index in [0.29, 0.717) is 12.1 Å². The van der Waals surface area contributed by atoms with Crippen LogP contribution >= 0.6 is 11.3 Å². The van der Waals surface area contributed by atoms with Crippen LogP contribution in [0, 0.1) is 0 Å². The van der Waals surface area contributed by atoms with Crippen molar-refractivity contribution in [2.75, 3.05) is 19.8 Å². The second-order valence-corrected chi connectivity index (χ2v) is 6.65. The fourth-order valence-corrected chi connectivity index (χ4v) is 3.73. The average Bonchev–Trinajstić information content (AvgIpc) is 3.18. The van der Waals surface area contributed by atoms with Crippen LogP contribution in [0.1, 0.15) is 24.8 Å². The van der Waals surface area contributed by atoms with Crippen molar-refractivity contribution in [1.82, 2.24) is 9.88 Å². The predicted octanol–water partition coefficient (Wildman–Crippen LogP) is 2.54. The van der Waals surface area contributed by atoms with Gasteiger partial charge in [-0.25, -0.2) is 9.78 Å². The van der Waals surface area contributed by atoms with E-state index in [4.69, 9.17) is 19.4 Å². The lowest BCUT2D eigenvalue weighted by Gasteiger charge is -2.38. The maximum atomic E-state index is 10.6. The SMILES string of the molecule is CCO[C@@H]1CC[C@H]2[C@H]1OCCN2Cc1nccs1.O=C(O)C(F)(F)F. The molecule has 0 bridgehead atoms. The van der Waals surface area contributed by atoms with Crippen LogP contribution in [0.15, 0.2) is 11.6 Å². The molecule has 1 N–H and O–H groups in total. The number of nitrogens with zero attached hydrogens (tertiary/aromatic N) is 2. The number of thiazole rings is 1. The number of carbonyl (C=O) groups is 1. The van der Waals surface area contributed by atoms with Crippen LogP contribution in [0.3, 0.4) is 0 Å². The van der Waals surface area contributed by atoms with Gasteiger partial charge in [0.05, 0.1) is 25.4 Å². The molecule has 0 aromatic carbocycles. The molecule has 6 nitrogen and oxygen atoms in total. The molecule has 1 saturated heterocycles. The van der Waals surface area contributed by atoms with Gasteiger partial charge < -0.3 is 14.6 Å². The zero-order valence-electron chi connectivity index (χ0n) is 13.7. The topological polar surface area (TPSA) is 71.9 Å². The molecule has 1 aliphatic carbocycles. The zero-order chi connectivity index (χ0) is 18.4. The number of ether oxygens (including phenoxy) is 2. The average molecular weight is 382 g/mol. The maximum absolute atomic E-state index is 10.6. The number of rotatable bonds is 4. The van der Waals surface area contributed by atoms with Crippen molar-refractivity contribution >= 4 is 17.3 Å². The van der Waals surface area contributed by atoms with E-state index in [-0.39, 0.29) is 6.10 Å². The molecule has 0 amide bonds. The Kier molecular flexibility index (Phi) is 7.17. The highest BCUT2D eigenvalue weighted by Crippen LogP contribution is 2.33. The molecule has 2 heterocycles. The van der Waals surface area contributed by atoms with Crippen LogP contribution < -0.4 is 0 Å². The Morgan fingerprint density at radius 1 is 1.52 bits per heavy atom. The quantitative estimate of drug-likeness (QED) is 0.863. The summed E-state index contributed by atoms with van der Waals surface area (Å²) in [6.07, 6.45) is -0.342. The van der Waals surface area contributed by atoms with Crippen molar-refractivity contribution in [2.24, 2.45) is 0 Å². The highest BCUT2D eigenvalue weighted by Gasteiger charge is 2.43. The standard InChI is InChI=1S/C13H20N2O2S.C2HF3O2/c1-2-16-11-4-3-10-13(11)17-7-6-15(10)9-12-14-5-8-18-12;3-2(4,5)1(6)7/h5,8,10-11,13H,2-4,6-7,9H2,1H3;(H,6,7)/t10-,11+,13+;/m0./s1. The Labute approximate surface area is 147 Å². The molecule has 25 heavy (non-hydrogen) atoms. The first kappa shape index (κ1) is 20.1. The minimum absolute atomic E-state index is 0.263. The van der Waals surface area contributed by atoms with Gasteiger partial charge in [0.25, 0.3) is 0 Å². The summed E-state index contributed by atoms with van der Waals surface area (Å²) in [5.41, 5.74) is 0. The second kappa shape index (κ2) is 8.93. The summed E-state index contributed by atoms with van der Waals surface area (Å²) < 4.78 is 43.5. The molecule has 1 saturated carbocycles. The van der Waals surface area contributed by atoms with E-state index in [9.17, 15) is 13.2 Å². The highest BCUT2D eigenvalue weighted by molar-refractivity contribution is 7.09. The molecule has 0 radical (unpaired) electrons. The number of aliphatic carboxylic acids is 1. The van der Waals surface area contributed by atoms with Crippen LogP contribution in [0.25, 0.3) is 0 Å². The maximum Gasteiger partial charge on any atom is 0.490 e. The lowest BCUT2D eigenvalue weighted by Crippen LogP contribution is -2.51. The number of hydrogen-bond donors (Lipinski definition) is 1. The summed E-state index contributed by atoms with van der Waals surface area (Å²) in [6, 6.07) is 0.513. The van der Waals surface area contributed by atoms with Crippen molar-refractivity contribution in [3.63, 3.8) is 0 Å². The third-order valence-electron chi connectivity index (χ3n) is 4.10. The zero-order valence-corrected chi connectivity index (χ0v) is 14.6. The first-order valence-corrected chi connectivity index (χ1v) is 8.86. The predicted molar refractivity (Wildman–Crippen MR) is 84.4 cm³/mol. The highest BCUT2D eigenvalue weighted by atomic mass is 32.1. The fraction of sp³-hybridized carbons (Fsp3) is 0.733. The van der Waals surface area contributed by atoms with E-state index >= 15 is 0 Å². The Morgan fingerprint density at radius 3 is 2.80 bits per heavy atom. The number of carboxylic acid groups (broad SMARTS) is 1. The summed E-state index contributed by atoms with van der Waals surface area (Å²) in [5.74, 6) is -2.76. The van der Waals surface area contributed by atoms with Crippen LogP contribution in [0.4, 0.5) is 13.2 Å². The first-order valence-electron chi connectivity index (χ1n) is 7.98. The molecule has 10 heteroatoms. The monoisotopic (exact) mass is 382 g/mol. The smallest absolute Gasteiger partial charge is 0.475 e. The number of fused-ring (bicyclic) bond motifs is 1. The Balaban J connectivity index is 0.000000277. The number of aromatic nitrogens is 1. The van der Waals surface area contributed by atoms with Gasteiger partial charge in [-0.1, -0.05) is 0 Å². The molecule has 142 valence electrons. The summed E-state index contributed by atoms with van der Waals surface area (Å²) in [4.78, 5) is 15.8. The van der Waals surface area contributed by atoms with Crippen molar-refractivity contribution in [2.45, 2.75) is 50.7 Å². The van der Waals surface area contributed by atoms with Gasteiger partial charge >= 0.3 is 12.1 Å². The van der Waals surface area contributed by atoms with E-state index in [2.05, 4.69) is 16.8 Å². The van der Waals surface area contributed by atoms with Crippen LogP contribution in [-0.2, 0) is 20.8 Å². The lowest BCUT2D eigenvalue weighted by molar-refractivity contribution is -0.192. The lowest BCUT2D eigenvalue weighted by atomic mass is 10.1. The summed E-state index contributed by atoms with van der Waals surface area (Å²) in [7, 11) is 0. The Bertz CT molecular complexity index is 541. The normalized spacial score (nSPS) is 26.6. The number of hydrogen-bond acceptors (Lipinski definition) is 6. The number of halogens is 3. The molecule has 1 aromatic rings. The Hall–Kier alpha value is -1.23. The molecule has 0 unspecified atom stereocenters. The van der Waals surface area contributed by atoms with Gasteiger partial charge in [0.1, 0.15) is 5.01 Å². The van der Waals surface area contributed by atoms with E-state index < -0.39 is 12.1 Å². The summed E-state index contributed by atoms with van der Waals surface area (Å²) >= 11 is 1.74. The minimum Gasteiger partial charge on any atom is -0.475 e. The largest absolute Gasteiger partial charge is 0.490 e. The molecule has 2 fully saturated rings. The van der Waals surface area contributed by atoms with Gasteiger partial charge in [-0.05, 0) is 19.8 Å². The third-order valence-corrected chi connectivity index (χ3v) is 4.86. The molecule has 2 aliphatic rings. The van der Waals surface area contributed by atoms with E-state index in [1.165, 1.54) is 11.4 Å². The van der Waals surface area contributed by atoms with Gasteiger partial charge in [0, 0.05) is 30.8 Å². The van der Waals surface area contributed by atoms with Gasteiger partial charge in [-0.2, -0.15) is 13.2 Å². The molecule has 1 aromatic heterocycles. The van der Waals surface area contributed by atoms with E-state index in [0.717, 1.165) is 32.7 Å². The van der Waals surface area contributed by atoms with E-state index in [1.807, 2.05) is 11.6 Å². The van der Waals surface area contributed by atoms with Gasteiger partial charge in [-0.3, -0.25) is 4.90 Å². The summed E-state index contributed by atoms with van der Waals surface area (Å²) in [6.45, 7) is 5.63. The van der Waals surface area contributed by atoms with E-state index in [1.54, 1.807) is 11.3 Å². The molecule has 1 aliphatic heterocycles. The molecule has 0 spiro atoms. The molecular weight excluding hydrogens is 361 g/mol. The van der Waals surface area contributed by atoms with Crippen molar-refractivity contribution in [3.8, 4) is 0 Å². The van der Waals surface area contributed by atoms with Gasteiger partial charge in [0.15, 0.2) is 0 Å². The Morgan fingerprint density at radius 2 is 2.24 bits per heavy atom. The van der Waals surface area contributed by atoms with Crippen LogP contribution in [0.2, 0.25) is 0 Å². The van der Waals surface area contributed by atoms with Crippen molar-refractivity contribution in [3.05, 3.63) is 16.6 Å². The van der Waals surface area contributed by atoms with Crippen molar-refractivity contribution in [1.29, 1.82) is 0 Å². The number of morpholine rings is 1. The van der Waals surface area contributed by atoms with Crippen LogP contribution in [0.5, 0.6) is 0 Å². The van der Waals surface area contributed by atoms with Gasteiger partial charge in [-0.15, -0.1) is 11.3 Å². The second-order valence-electron chi connectivity index (χ2n) is 5.67. The van der Waals surface area contributed by atoms with Gasteiger partial charge in [0.2, 0.25) is 0 Å².